The molecule has 0 saturated heterocycles. The number of hydrogen-bond donors (Lipinski definition) is 2. The molecule has 4 rings (SSSR count). The first-order valence-electron chi connectivity index (χ1n) is 11.3. The van der Waals surface area contributed by atoms with Crippen LogP contribution in [0.2, 0.25) is 10.0 Å². The van der Waals surface area contributed by atoms with Crippen molar-refractivity contribution >= 4 is 48.2 Å². The van der Waals surface area contributed by atoms with Crippen LogP contribution in [0.15, 0.2) is 59.3 Å². The number of carbonyl (C=O) groups excluding carboxylic acids is 2. The third-order valence-electron chi connectivity index (χ3n) is 5.04. The van der Waals surface area contributed by atoms with Gasteiger partial charge in [0.1, 0.15) is 12.6 Å². The van der Waals surface area contributed by atoms with Gasteiger partial charge in [-0.15, -0.1) is 0 Å². The molecule has 0 aliphatic carbocycles. The number of aldehydes is 2. The zero-order valence-corrected chi connectivity index (χ0v) is 22.8. The zero-order chi connectivity index (χ0) is 27.3. The molecule has 0 atom stereocenters. The van der Waals surface area contributed by atoms with Gasteiger partial charge >= 0.3 is 16.5 Å². The number of nitrogens with one attached hydrogen (secondary N) is 2. The first-order valence-corrected chi connectivity index (χ1v) is 12.0. The fourth-order valence-corrected chi connectivity index (χ4v) is 3.65. The van der Waals surface area contributed by atoms with E-state index in [1.165, 1.54) is 36.7 Å². The van der Waals surface area contributed by atoms with Gasteiger partial charge in [-0.2, -0.15) is 0 Å². The molecule has 0 aliphatic heterocycles. The molecule has 2 aromatic heterocycles. The second-order valence-corrected chi connectivity index (χ2v) is 8.63. The predicted octanol–water partition coefficient (Wildman–Crippen LogP) is 3.22. The van der Waals surface area contributed by atoms with Crippen LogP contribution < -0.4 is 10.2 Å². The Hall–Kier alpha value is -3.79. The maximum Gasteiger partial charge on any atom is 2.00 e. The van der Waals surface area contributed by atoms with Crippen LogP contribution in [0.5, 0.6) is 11.5 Å². The van der Waals surface area contributed by atoms with E-state index in [1.807, 2.05) is 0 Å². The number of aromatic amines is 2. The van der Waals surface area contributed by atoms with Crippen molar-refractivity contribution in [1.29, 1.82) is 0 Å². The molecular weight excluding hydrogens is 590 g/mol. The Morgan fingerprint density at radius 2 is 1.10 bits per heavy atom. The number of aliphatic imine (C=N–C) groups is 2. The molecule has 10 nitrogen and oxygen atoms in total. The molecule has 0 saturated carbocycles. The van der Waals surface area contributed by atoms with Crippen LogP contribution in [0.4, 0.5) is 0 Å². The van der Waals surface area contributed by atoms with E-state index in [0.717, 1.165) is 11.4 Å². The van der Waals surface area contributed by atoms with Crippen LogP contribution in [0, 0.1) is 0 Å². The van der Waals surface area contributed by atoms with Crippen LogP contribution >= 0.6 is 23.2 Å². The predicted molar refractivity (Wildman–Crippen MR) is 142 cm³/mol. The summed E-state index contributed by atoms with van der Waals surface area (Å²) in [6.45, 7) is 1.01. The number of benzene rings is 2. The van der Waals surface area contributed by atoms with E-state index in [1.54, 1.807) is 25.0 Å². The summed E-state index contributed by atoms with van der Waals surface area (Å²) >= 11 is 11.6. The Morgan fingerprint density at radius 3 is 1.44 bits per heavy atom. The minimum atomic E-state index is -0.358. The summed E-state index contributed by atoms with van der Waals surface area (Å²) in [5, 5.41) is 24.2. The van der Waals surface area contributed by atoms with Crippen LogP contribution in [-0.4, -0.2) is 58.0 Å². The van der Waals surface area contributed by atoms with Crippen LogP contribution in [0.3, 0.4) is 0 Å². The summed E-state index contributed by atoms with van der Waals surface area (Å²) < 4.78 is 0. The Morgan fingerprint density at radius 1 is 0.718 bits per heavy atom. The van der Waals surface area contributed by atoms with Gasteiger partial charge in [0, 0.05) is 71.9 Å². The maximum atomic E-state index is 11.8. The number of halogens is 2. The van der Waals surface area contributed by atoms with Gasteiger partial charge in [-0.25, -0.2) is 9.97 Å². The summed E-state index contributed by atoms with van der Waals surface area (Å²) in [7, 11) is 0. The number of carbonyl (C=O) groups is 2. The Labute approximate surface area is 244 Å². The third kappa shape index (κ3) is 9.79. The van der Waals surface area contributed by atoms with E-state index >= 15 is 0 Å². The van der Waals surface area contributed by atoms with Crippen molar-refractivity contribution in [2.75, 3.05) is 13.1 Å². The Bertz CT molecular complexity index is 1300. The molecule has 0 radical (unpaired) electrons. The SMILES string of the molecule is O=Cc1cc(Cl)cc(C=NCCc2c[nH]cn2)c1[O-].O=Cc1cc(Cl)cc(C=NCCc2c[nH]cn2)c1[O-].[Ni+2]. The normalized spacial score (nSPS) is 10.7. The minimum Gasteiger partial charge on any atom is -0.872 e. The van der Waals surface area contributed by atoms with Crippen LogP contribution in [0.1, 0.15) is 43.2 Å². The van der Waals surface area contributed by atoms with Gasteiger partial charge in [0.25, 0.3) is 0 Å². The molecule has 39 heavy (non-hydrogen) atoms. The molecule has 0 bridgehead atoms. The zero-order valence-electron chi connectivity index (χ0n) is 20.3. The number of imidazole rings is 2. The van der Waals surface area contributed by atoms with Crippen molar-refractivity contribution in [2.45, 2.75) is 12.8 Å². The van der Waals surface area contributed by atoms with Crippen molar-refractivity contribution in [3.05, 3.63) is 93.0 Å². The average Bonchev–Trinajstić information content (AvgIpc) is 3.63. The summed E-state index contributed by atoms with van der Waals surface area (Å²) in [6.07, 6.45) is 12.0. The minimum absolute atomic E-state index is 0. The quantitative estimate of drug-likeness (QED) is 0.159. The smallest absolute Gasteiger partial charge is 0.872 e. The van der Waals surface area contributed by atoms with Crippen molar-refractivity contribution in [3.63, 3.8) is 0 Å². The first-order chi connectivity index (χ1) is 18.4. The van der Waals surface area contributed by atoms with Gasteiger partial charge in [0.2, 0.25) is 0 Å². The molecule has 0 amide bonds. The molecule has 0 unspecified atom stereocenters. The number of hydrogen-bond acceptors (Lipinski definition) is 8. The van der Waals surface area contributed by atoms with Crippen LogP contribution in [-0.2, 0) is 29.3 Å². The van der Waals surface area contributed by atoms with Gasteiger partial charge in [0.15, 0.2) is 0 Å². The fraction of sp³-hybridized carbons (Fsp3) is 0.154. The van der Waals surface area contributed by atoms with Gasteiger partial charge in [-0.3, -0.25) is 19.6 Å². The first kappa shape index (κ1) is 31.4. The molecule has 0 fully saturated rings. The molecular formula is C26H22Cl2N6NiO4. The number of H-pyrrole nitrogens is 2. The van der Waals surface area contributed by atoms with E-state index < -0.39 is 0 Å². The van der Waals surface area contributed by atoms with E-state index in [4.69, 9.17) is 23.2 Å². The number of rotatable bonds is 10. The molecule has 2 heterocycles. The van der Waals surface area contributed by atoms with Crippen LogP contribution in [0.25, 0.3) is 0 Å². The second-order valence-electron chi connectivity index (χ2n) is 7.75. The number of aromatic nitrogens is 4. The second kappa shape index (κ2) is 16.2. The topological polar surface area (TPSA) is 162 Å². The van der Waals surface area contributed by atoms with Gasteiger partial charge in [-0.05, 0) is 35.4 Å². The van der Waals surface area contributed by atoms with E-state index in [0.29, 0.717) is 59.7 Å². The molecule has 4 aromatic rings. The molecule has 2 aromatic carbocycles. The van der Waals surface area contributed by atoms with Crippen molar-refractivity contribution in [1.82, 2.24) is 19.9 Å². The van der Waals surface area contributed by atoms with E-state index in [9.17, 15) is 19.8 Å². The third-order valence-corrected chi connectivity index (χ3v) is 5.48. The molecule has 0 aliphatic rings. The Balaban J connectivity index is 0.000000267. The Kier molecular flexibility index (Phi) is 13.1. The summed E-state index contributed by atoms with van der Waals surface area (Å²) in [5.74, 6) is -0.717. The number of nitrogens with zero attached hydrogens (tertiary/aromatic N) is 4. The van der Waals surface area contributed by atoms with Crippen molar-refractivity contribution in [2.24, 2.45) is 9.98 Å². The summed E-state index contributed by atoms with van der Waals surface area (Å²) in [4.78, 5) is 43.5. The van der Waals surface area contributed by atoms with Crippen molar-refractivity contribution < 1.29 is 36.3 Å². The monoisotopic (exact) mass is 610 g/mol. The molecule has 204 valence electrons. The van der Waals surface area contributed by atoms with Gasteiger partial charge in [0.05, 0.1) is 24.0 Å². The van der Waals surface area contributed by atoms with E-state index in [2.05, 4.69) is 29.9 Å². The molecule has 2 N–H and O–H groups in total. The maximum absolute atomic E-state index is 11.8. The molecule has 0 spiro atoms. The fourth-order valence-electron chi connectivity index (χ4n) is 3.18. The largest absolute Gasteiger partial charge is 2.00 e. The van der Waals surface area contributed by atoms with Gasteiger partial charge in [-0.1, -0.05) is 34.7 Å². The summed E-state index contributed by atoms with van der Waals surface area (Å²) in [6, 6.07) is 5.68. The average molecular weight is 612 g/mol. The van der Waals surface area contributed by atoms with Crippen molar-refractivity contribution in [3.8, 4) is 11.5 Å². The summed E-state index contributed by atoms with van der Waals surface area (Å²) in [5.41, 5.74) is 2.52. The standard InChI is InChI=1S/2C13H12ClN3O2.Ni/c2*14-11-3-9(13(19)10(4-11)7-18)5-15-2-1-12-6-16-8-17-12;/h2*3-8,19H,1-2H2,(H,16,17);/q;;+2/p-2. The van der Waals surface area contributed by atoms with E-state index in [-0.39, 0.29) is 39.1 Å². The molecule has 13 heteroatoms. The van der Waals surface area contributed by atoms with Gasteiger partial charge < -0.3 is 20.2 Å².